The number of furan rings is 1. The quantitative estimate of drug-likeness (QED) is 0.797. The maximum Gasteiger partial charge on any atom is 0.342 e. The van der Waals surface area contributed by atoms with E-state index in [0.29, 0.717) is 43.2 Å². The third kappa shape index (κ3) is 2.14. The monoisotopic (exact) mass is 341 g/mol. The molecule has 4 heterocycles. The van der Waals surface area contributed by atoms with Crippen LogP contribution in [0.5, 0.6) is 0 Å². The van der Waals surface area contributed by atoms with Crippen LogP contribution in [0, 0.1) is 0 Å². The first kappa shape index (κ1) is 14.7. The van der Waals surface area contributed by atoms with E-state index in [2.05, 4.69) is 9.88 Å². The van der Waals surface area contributed by atoms with Crippen molar-refractivity contribution < 1.29 is 13.9 Å². The van der Waals surface area contributed by atoms with Crippen LogP contribution in [0.15, 0.2) is 21.5 Å². The van der Waals surface area contributed by atoms with Crippen molar-refractivity contribution in [2.24, 2.45) is 0 Å². The Morgan fingerprint density at radius 2 is 1.96 bits per heavy atom. The van der Waals surface area contributed by atoms with Crippen molar-refractivity contribution in [3.8, 4) is 0 Å². The van der Waals surface area contributed by atoms with E-state index in [1.54, 1.807) is 12.3 Å². The van der Waals surface area contributed by atoms with Gasteiger partial charge < -0.3 is 14.1 Å². The lowest BCUT2D eigenvalue weighted by Gasteiger charge is -2.37. The molecule has 0 radical (unpaired) electrons. The maximum atomic E-state index is 12.3. The number of hydrogen-bond acceptors (Lipinski definition) is 6. The smallest absolute Gasteiger partial charge is 0.342 e. The van der Waals surface area contributed by atoms with Crippen molar-refractivity contribution >= 4 is 11.9 Å². The number of nitrogens with one attached hydrogen (secondary N) is 1. The number of esters is 1. The van der Waals surface area contributed by atoms with Gasteiger partial charge in [0, 0.05) is 31.5 Å². The number of H-pyrrole nitrogens is 1. The second-order valence-corrected chi connectivity index (χ2v) is 7.06. The summed E-state index contributed by atoms with van der Waals surface area (Å²) in [6.45, 7) is 1.30. The number of hydrogen-bond donors (Lipinski definition) is 1. The molecule has 1 spiro atoms. The van der Waals surface area contributed by atoms with E-state index in [1.165, 1.54) is 0 Å². The van der Waals surface area contributed by atoms with Gasteiger partial charge in [0.1, 0.15) is 5.56 Å². The van der Waals surface area contributed by atoms with Crippen molar-refractivity contribution in [2.75, 3.05) is 18.0 Å². The highest BCUT2D eigenvalue weighted by atomic mass is 16.6. The lowest BCUT2D eigenvalue weighted by molar-refractivity contribution is -0.0312. The van der Waals surface area contributed by atoms with Gasteiger partial charge in [0.15, 0.2) is 11.4 Å². The number of aromatic nitrogens is 2. The van der Waals surface area contributed by atoms with Crippen LogP contribution in [0.3, 0.4) is 0 Å². The summed E-state index contributed by atoms with van der Waals surface area (Å²) in [6.07, 6.45) is 6.63. The van der Waals surface area contributed by atoms with Gasteiger partial charge in [-0.25, -0.2) is 9.78 Å². The molecule has 5 rings (SSSR count). The zero-order valence-corrected chi connectivity index (χ0v) is 13.8. The summed E-state index contributed by atoms with van der Waals surface area (Å²) >= 11 is 0. The summed E-state index contributed by atoms with van der Waals surface area (Å²) in [4.78, 5) is 34.0. The minimum atomic E-state index is -0.666. The summed E-state index contributed by atoms with van der Waals surface area (Å²) in [7, 11) is 0. The number of anilines is 1. The fourth-order valence-corrected chi connectivity index (χ4v) is 4.25. The van der Waals surface area contributed by atoms with E-state index < -0.39 is 5.60 Å². The lowest BCUT2D eigenvalue weighted by Crippen LogP contribution is -2.44. The Hall–Kier alpha value is -2.57. The van der Waals surface area contributed by atoms with Crippen molar-refractivity contribution in [2.45, 2.75) is 44.1 Å². The highest BCUT2D eigenvalue weighted by molar-refractivity contribution is 5.93. The molecule has 3 aliphatic rings. The lowest BCUT2D eigenvalue weighted by atomic mass is 9.89. The number of carbonyl (C=O) groups excluding carboxylic acids is 1. The predicted octanol–water partition coefficient (Wildman–Crippen LogP) is 1.91. The molecule has 25 heavy (non-hydrogen) atoms. The van der Waals surface area contributed by atoms with Gasteiger partial charge >= 0.3 is 5.97 Å². The highest BCUT2D eigenvalue weighted by Crippen LogP contribution is 2.44. The van der Waals surface area contributed by atoms with E-state index in [1.807, 2.05) is 0 Å². The number of piperidine rings is 1. The Morgan fingerprint density at radius 3 is 2.80 bits per heavy atom. The molecule has 0 amide bonds. The minimum Gasteiger partial charge on any atom is -0.464 e. The number of aryl methyl sites for hydroxylation is 1. The molecule has 0 aromatic carbocycles. The van der Waals surface area contributed by atoms with Crippen molar-refractivity contribution in [1.29, 1.82) is 0 Å². The molecule has 7 nitrogen and oxygen atoms in total. The van der Waals surface area contributed by atoms with Crippen molar-refractivity contribution in [3.05, 3.63) is 45.3 Å². The molecule has 0 saturated carbocycles. The first-order valence-corrected chi connectivity index (χ1v) is 8.85. The van der Waals surface area contributed by atoms with Gasteiger partial charge in [-0.1, -0.05) is 0 Å². The average Bonchev–Trinajstić information content (AvgIpc) is 3.21. The Balaban J connectivity index is 1.41. The van der Waals surface area contributed by atoms with Crippen LogP contribution in [0.4, 0.5) is 5.95 Å². The molecule has 0 bridgehead atoms. The summed E-state index contributed by atoms with van der Waals surface area (Å²) in [5.74, 6) is 0.964. The molecular weight excluding hydrogens is 322 g/mol. The highest BCUT2D eigenvalue weighted by Gasteiger charge is 2.50. The molecule has 1 saturated heterocycles. The van der Waals surface area contributed by atoms with Gasteiger partial charge in [0.2, 0.25) is 5.95 Å². The molecule has 1 aliphatic carbocycles. The summed E-state index contributed by atoms with van der Waals surface area (Å²) in [6, 6.07) is 1.67. The third-order valence-electron chi connectivity index (χ3n) is 5.64. The number of carbonyl (C=O) groups is 1. The molecule has 1 fully saturated rings. The van der Waals surface area contributed by atoms with Gasteiger partial charge in [-0.3, -0.25) is 9.78 Å². The maximum absolute atomic E-state index is 12.3. The van der Waals surface area contributed by atoms with Gasteiger partial charge in [-0.05, 0) is 31.7 Å². The van der Waals surface area contributed by atoms with Crippen LogP contribution in [0.1, 0.15) is 53.1 Å². The molecule has 130 valence electrons. The first-order valence-electron chi connectivity index (χ1n) is 8.85. The summed E-state index contributed by atoms with van der Waals surface area (Å²) in [5.41, 5.74) is 1.63. The van der Waals surface area contributed by atoms with Gasteiger partial charge in [0.05, 0.1) is 12.0 Å². The topological polar surface area (TPSA) is 88.4 Å². The largest absolute Gasteiger partial charge is 0.464 e. The van der Waals surface area contributed by atoms with Crippen LogP contribution < -0.4 is 10.5 Å². The first-order chi connectivity index (χ1) is 12.2. The van der Waals surface area contributed by atoms with E-state index in [4.69, 9.17) is 14.1 Å². The van der Waals surface area contributed by atoms with E-state index in [9.17, 15) is 9.59 Å². The SMILES string of the molecule is O=C1OC2(CCN(c3nc4c(c(=O)[nH]3)CCCC4)CC2)c2occc21. The Labute approximate surface area is 144 Å². The number of aromatic amines is 1. The number of fused-ring (bicyclic) bond motifs is 3. The predicted molar refractivity (Wildman–Crippen MR) is 88.7 cm³/mol. The van der Waals surface area contributed by atoms with E-state index in [0.717, 1.165) is 36.9 Å². The van der Waals surface area contributed by atoms with Crippen LogP contribution >= 0.6 is 0 Å². The fraction of sp³-hybridized carbons (Fsp3) is 0.500. The standard InChI is InChI=1S/C18H19N3O4/c22-15-11-3-1-2-4-13(11)19-17(20-15)21-8-6-18(7-9-21)14-12(5-10-24-14)16(23)25-18/h5,10H,1-4,6-9H2,(H,19,20,22). The Morgan fingerprint density at radius 1 is 1.16 bits per heavy atom. The second kappa shape index (κ2) is 5.21. The minimum absolute atomic E-state index is 0.0133. The number of nitrogens with zero attached hydrogens (tertiary/aromatic N) is 2. The Kier molecular flexibility index (Phi) is 3.07. The zero-order chi connectivity index (χ0) is 17.0. The second-order valence-electron chi connectivity index (χ2n) is 7.06. The molecule has 0 atom stereocenters. The molecule has 2 aromatic rings. The summed E-state index contributed by atoms with van der Waals surface area (Å²) in [5, 5.41) is 0. The van der Waals surface area contributed by atoms with E-state index in [-0.39, 0.29) is 11.5 Å². The van der Waals surface area contributed by atoms with Crippen LogP contribution in [-0.4, -0.2) is 29.0 Å². The zero-order valence-electron chi connectivity index (χ0n) is 13.8. The molecule has 0 unspecified atom stereocenters. The van der Waals surface area contributed by atoms with Gasteiger partial charge in [-0.2, -0.15) is 0 Å². The number of ether oxygens (including phenoxy) is 1. The van der Waals surface area contributed by atoms with Crippen LogP contribution in [0.25, 0.3) is 0 Å². The Bertz CT molecular complexity index is 905. The number of rotatable bonds is 1. The van der Waals surface area contributed by atoms with E-state index >= 15 is 0 Å². The fourth-order valence-electron chi connectivity index (χ4n) is 4.25. The van der Waals surface area contributed by atoms with Gasteiger partial charge in [0.25, 0.3) is 5.56 Å². The molecule has 1 N–H and O–H groups in total. The average molecular weight is 341 g/mol. The van der Waals surface area contributed by atoms with Crippen LogP contribution in [-0.2, 0) is 23.2 Å². The molecule has 2 aromatic heterocycles. The third-order valence-corrected chi connectivity index (χ3v) is 5.64. The molecule has 7 heteroatoms. The van der Waals surface area contributed by atoms with Crippen LogP contribution in [0.2, 0.25) is 0 Å². The normalized spacial score (nSPS) is 21.1. The summed E-state index contributed by atoms with van der Waals surface area (Å²) < 4.78 is 11.2. The van der Waals surface area contributed by atoms with Crippen molar-refractivity contribution in [3.63, 3.8) is 0 Å². The van der Waals surface area contributed by atoms with Crippen molar-refractivity contribution in [1.82, 2.24) is 9.97 Å². The van der Waals surface area contributed by atoms with Gasteiger partial charge in [-0.15, -0.1) is 0 Å². The molecular formula is C18H19N3O4. The molecule has 2 aliphatic heterocycles.